The lowest BCUT2D eigenvalue weighted by Crippen LogP contribution is -2.33. The molecule has 0 fully saturated rings. The molecule has 0 heterocycles. The lowest BCUT2D eigenvalue weighted by atomic mass is 10.0. The molecule has 1 atom stereocenters. The summed E-state index contributed by atoms with van der Waals surface area (Å²) in [5.41, 5.74) is 6.40. The molecule has 100 valence electrons. The first-order valence-corrected chi connectivity index (χ1v) is 5.92. The number of thiocarbonyl (C=S) groups is 1. The number of hydrogen-bond acceptors (Lipinski definition) is 4. The Morgan fingerprint density at radius 3 is 2.56 bits per heavy atom. The largest absolute Gasteiger partial charge is 0.493 e. The van der Waals surface area contributed by atoms with Crippen LogP contribution in [-0.2, 0) is 0 Å². The van der Waals surface area contributed by atoms with Gasteiger partial charge >= 0.3 is 0 Å². The number of aliphatic hydroxyl groups is 1. The second-order valence-corrected chi connectivity index (χ2v) is 4.13. The third-order valence-electron chi connectivity index (χ3n) is 2.54. The van der Waals surface area contributed by atoms with Gasteiger partial charge in [0.25, 0.3) is 0 Å². The van der Waals surface area contributed by atoms with Crippen LogP contribution in [0.5, 0.6) is 11.5 Å². The van der Waals surface area contributed by atoms with Gasteiger partial charge in [0.2, 0.25) is 0 Å². The van der Waals surface area contributed by atoms with Crippen LogP contribution in [0.15, 0.2) is 18.2 Å². The summed E-state index contributed by atoms with van der Waals surface area (Å²) in [5.74, 6) is 1.28. The number of nitrogens with two attached hydrogens (primary N) is 1. The summed E-state index contributed by atoms with van der Waals surface area (Å²) < 4.78 is 10.4. The zero-order valence-electron chi connectivity index (χ0n) is 10.5. The molecule has 0 radical (unpaired) electrons. The molecule has 1 rings (SSSR count). The van der Waals surface area contributed by atoms with Crippen LogP contribution in [0.4, 0.5) is 0 Å². The molecule has 0 aliphatic heterocycles. The zero-order chi connectivity index (χ0) is 13.5. The van der Waals surface area contributed by atoms with Crippen LogP contribution >= 0.6 is 12.2 Å². The van der Waals surface area contributed by atoms with Gasteiger partial charge in [-0.2, -0.15) is 0 Å². The number of ether oxygens (including phenoxy) is 2. The molecule has 0 aliphatic carbocycles. The van der Waals surface area contributed by atoms with Crippen LogP contribution in [0, 0.1) is 0 Å². The van der Waals surface area contributed by atoms with Crippen molar-refractivity contribution in [3.8, 4) is 11.5 Å². The highest BCUT2D eigenvalue weighted by molar-refractivity contribution is 7.80. The Balaban J connectivity index is 3.00. The number of benzene rings is 1. The highest BCUT2D eigenvalue weighted by atomic mass is 32.1. The standard InChI is InChI=1S/C12H18N2O3S/c1-16-10-4-3-8(7-11(10)17-2)9(5-6-15)14-12(13)18/h3-4,7,9,15H,5-6H2,1-2H3,(H3,13,14,18). The first kappa shape index (κ1) is 14.5. The van der Waals surface area contributed by atoms with Crippen molar-refractivity contribution in [3.63, 3.8) is 0 Å². The molecule has 0 amide bonds. The first-order chi connectivity index (χ1) is 8.62. The Morgan fingerprint density at radius 2 is 2.06 bits per heavy atom. The highest BCUT2D eigenvalue weighted by Gasteiger charge is 2.14. The summed E-state index contributed by atoms with van der Waals surface area (Å²) >= 11 is 4.82. The SMILES string of the molecule is COc1ccc(C(CCO)NC(N)=S)cc1OC. The Morgan fingerprint density at radius 1 is 1.39 bits per heavy atom. The Kier molecular flexibility index (Phi) is 5.67. The lowest BCUT2D eigenvalue weighted by molar-refractivity contribution is 0.272. The Bertz CT molecular complexity index is 412. The van der Waals surface area contributed by atoms with Crippen LogP contribution in [0.25, 0.3) is 0 Å². The average molecular weight is 270 g/mol. The van der Waals surface area contributed by atoms with Crippen molar-refractivity contribution in [2.45, 2.75) is 12.5 Å². The predicted octanol–water partition coefficient (Wildman–Crippen LogP) is 0.961. The monoisotopic (exact) mass is 270 g/mol. The van der Waals surface area contributed by atoms with Crippen molar-refractivity contribution < 1.29 is 14.6 Å². The van der Waals surface area contributed by atoms with E-state index in [9.17, 15) is 0 Å². The van der Waals surface area contributed by atoms with Gasteiger partial charge in [-0.3, -0.25) is 0 Å². The van der Waals surface area contributed by atoms with Crippen LogP contribution in [0.2, 0.25) is 0 Å². The fourth-order valence-electron chi connectivity index (χ4n) is 1.69. The maximum atomic E-state index is 9.06. The van der Waals surface area contributed by atoms with E-state index in [1.807, 2.05) is 12.1 Å². The van der Waals surface area contributed by atoms with Gasteiger partial charge in [0.1, 0.15) is 0 Å². The average Bonchev–Trinajstić information content (AvgIpc) is 2.37. The van der Waals surface area contributed by atoms with Crippen LogP contribution in [-0.4, -0.2) is 31.0 Å². The van der Waals surface area contributed by atoms with E-state index in [0.717, 1.165) is 5.56 Å². The molecule has 4 N–H and O–H groups in total. The van der Waals surface area contributed by atoms with Gasteiger partial charge in [0.15, 0.2) is 16.6 Å². The van der Waals surface area contributed by atoms with Crippen molar-refractivity contribution in [2.24, 2.45) is 5.73 Å². The smallest absolute Gasteiger partial charge is 0.164 e. The van der Waals surface area contributed by atoms with Gasteiger partial charge in [-0.25, -0.2) is 0 Å². The summed E-state index contributed by atoms with van der Waals surface area (Å²) in [6.45, 7) is 0.0363. The highest BCUT2D eigenvalue weighted by Crippen LogP contribution is 2.30. The van der Waals surface area contributed by atoms with Gasteiger partial charge in [0.05, 0.1) is 20.3 Å². The maximum absolute atomic E-state index is 9.06. The molecule has 0 spiro atoms. The molecule has 5 nitrogen and oxygen atoms in total. The maximum Gasteiger partial charge on any atom is 0.164 e. The molecular formula is C12H18N2O3S. The Labute approximate surface area is 112 Å². The summed E-state index contributed by atoms with van der Waals surface area (Å²) in [5, 5.41) is 12.2. The summed E-state index contributed by atoms with van der Waals surface area (Å²) in [7, 11) is 3.15. The van der Waals surface area contributed by atoms with E-state index < -0.39 is 0 Å². The molecule has 0 saturated heterocycles. The van der Waals surface area contributed by atoms with E-state index in [-0.39, 0.29) is 17.8 Å². The van der Waals surface area contributed by atoms with E-state index in [0.29, 0.717) is 17.9 Å². The van der Waals surface area contributed by atoms with E-state index in [1.54, 1.807) is 20.3 Å². The van der Waals surface area contributed by atoms with E-state index >= 15 is 0 Å². The van der Waals surface area contributed by atoms with Crippen molar-refractivity contribution >= 4 is 17.3 Å². The molecule has 6 heteroatoms. The quantitative estimate of drug-likeness (QED) is 0.668. The molecule has 18 heavy (non-hydrogen) atoms. The van der Waals surface area contributed by atoms with E-state index in [4.69, 9.17) is 32.5 Å². The van der Waals surface area contributed by atoms with E-state index in [1.165, 1.54) is 0 Å². The second-order valence-electron chi connectivity index (χ2n) is 3.69. The molecular weight excluding hydrogens is 252 g/mol. The third kappa shape index (κ3) is 3.75. The summed E-state index contributed by atoms with van der Waals surface area (Å²) in [6.07, 6.45) is 0.507. The van der Waals surface area contributed by atoms with Crippen molar-refractivity contribution in [1.29, 1.82) is 0 Å². The predicted molar refractivity (Wildman–Crippen MR) is 73.9 cm³/mol. The fraction of sp³-hybridized carbons (Fsp3) is 0.417. The normalized spacial score (nSPS) is 11.7. The topological polar surface area (TPSA) is 76.7 Å². The minimum Gasteiger partial charge on any atom is -0.493 e. The molecule has 0 saturated carbocycles. The van der Waals surface area contributed by atoms with Gasteiger partial charge < -0.3 is 25.6 Å². The lowest BCUT2D eigenvalue weighted by Gasteiger charge is -2.19. The third-order valence-corrected chi connectivity index (χ3v) is 2.66. The fourth-order valence-corrected chi connectivity index (χ4v) is 1.83. The minimum atomic E-state index is -0.146. The zero-order valence-corrected chi connectivity index (χ0v) is 11.3. The number of nitrogens with one attached hydrogen (secondary N) is 1. The molecule has 0 aromatic heterocycles. The molecule has 0 aliphatic rings. The van der Waals surface area contributed by atoms with Crippen LogP contribution in [0.1, 0.15) is 18.0 Å². The number of rotatable bonds is 6. The number of methoxy groups -OCH3 is 2. The van der Waals surface area contributed by atoms with Crippen molar-refractivity contribution in [1.82, 2.24) is 5.32 Å². The van der Waals surface area contributed by atoms with E-state index in [2.05, 4.69) is 5.32 Å². The molecule has 1 unspecified atom stereocenters. The summed E-state index contributed by atoms with van der Waals surface area (Å²) in [4.78, 5) is 0. The van der Waals surface area contributed by atoms with Gasteiger partial charge in [0, 0.05) is 6.61 Å². The second kappa shape index (κ2) is 7.03. The van der Waals surface area contributed by atoms with Gasteiger partial charge in [-0.1, -0.05) is 6.07 Å². The first-order valence-electron chi connectivity index (χ1n) is 5.51. The summed E-state index contributed by atoms with van der Waals surface area (Å²) in [6, 6.07) is 5.38. The van der Waals surface area contributed by atoms with Crippen LogP contribution in [0.3, 0.4) is 0 Å². The van der Waals surface area contributed by atoms with Gasteiger partial charge in [-0.15, -0.1) is 0 Å². The molecule has 1 aromatic carbocycles. The van der Waals surface area contributed by atoms with Crippen molar-refractivity contribution in [3.05, 3.63) is 23.8 Å². The van der Waals surface area contributed by atoms with Crippen molar-refractivity contribution in [2.75, 3.05) is 20.8 Å². The van der Waals surface area contributed by atoms with Gasteiger partial charge in [-0.05, 0) is 36.3 Å². The molecule has 1 aromatic rings. The Hall–Kier alpha value is -1.53. The van der Waals surface area contributed by atoms with Crippen LogP contribution < -0.4 is 20.5 Å². The molecule has 0 bridgehead atoms. The number of hydrogen-bond donors (Lipinski definition) is 3. The number of aliphatic hydroxyl groups excluding tert-OH is 1. The minimum absolute atomic E-state index is 0.0363.